The fourth-order valence-corrected chi connectivity index (χ4v) is 2.52. The molecule has 0 radical (unpaired) electrons. The van der Waals surface area contributed by atoms with Gasteiger partial charge in [0.15, 0.2) is 0 Å². The van der Waals surface area contributed by atoms with Gasteiger partial charge >= 0.3 is 18.4 Å². The molecular weight excluding hydrogens is 454 g/mol. The van der Waals surface area contributed by atoms with Gasteiger partial charge < -0.3 is 10.1 Å². The number of anilines is 3. The highest BCUT2D eigenvalue weighted by Gasteiger charge is 2.31. The van der Waals surface area contributed by atoms with Crippen LogP contribution in [-0.4, -0.2) is 27.8 Å². The third-order valence-corrected chi connectivity index (χ3v) is 3.93. The second-order valence-corrected chi connectivity index (χ2v) is 6.39. The van der Waals surface area contributed by atoms with E-state index in [4.69, 9.17) is 4.74 Å². The van der Waals surface area contributed by atoms with E-state index in [0.29, 0.717) is 0 Å². The first-order valence-electron chi connectivity index (χ1n) is 9.34. The van der Waals surface area contributed by atoms with Crippen molar-refractivity contribution in [3.05, 3.63) is 65.2 Å². The van der Waals surface area contributed by atoms with E-state index in [-0.39, 0.29) is 35.8 Å². The van der Waals surface area contributed by atoms with E-state index in [1.807, 2.05) is 0 Å². The Morgan fingerprint density at radius 2 is 1.52 bits per heavy atom. The highest BCUT2D eigenvalue weighted by atomic mass is 19.4. The highest BCUT2D eigenvalue weighted by Crippen LogP contribution is 2.31. The summed E-state index contributed by atoms with van der Waals surface area (Å²) in [6.45, 7) is 1.86. The van der Waals surface area contributed by atoms with Gasteiger partial charge in [0.1, 0.15) is 0 Å². The van der Waals surface area contributed by atoms with Crippen molar-refractivity contribution in [2.45, 2.75) is 19.3 Å². The Balaban J connectivity index is 1.80. The maximum atomic E-state index is 12.9. The number of halogens is 6. The molecule has 0 bridgehead atoms. The molecule has 0 aliphatic rings. The molecule has 0 aliphatic heterocycles. The van der Waals surface area contributed by atoms with Crippen molar-refractivity contribution in [3.63, 3.8) is 0 Å². The Hall–Kier alpha value is -3.90. The third kappa shape index (κ3) is 6.79. The molecule has 2 N–H and O–H groups in total. The molecule has 0 saturated carbocycles. The molecule has 1 heterocycles. The number of alkyl halides is 6. The van der Waals surface area contributed by atoms with Gasteiger partial charge in [-0.25, -0.2) is 5.43 Å². The number of hydrogen-bond acceptors (Lipinski definition) is 7. The van der Waals surface area contributed by atoms with Gasteiger partial charge in [-0.2, -0.15) is 46.4 Å². The first kappa shape index (κ1) is 23.8. The molecular formula is C20H16F6N6O. The van der Waals surface area contributed by atoms with Crippen LogP contribution in [0.25, 0.3) is 0 Å². The molecule has 13 heteroatoms. The molecule has 2 aromatic carbocycles. The minimum atomic E-state index is -4.53. The second kappa shape index (κ2) is 9.71. The van der Waals surface area contributed by atoms with Crippen LogP contribution in [0.3, 0.4) is 0 Å². The van der Waals surface area contributed by atoms with E-state index in [1.165, 1.54) is 24.3 Å². The summed E-state index contributed by atoms with van der Waals surface area (Å²) in [6, 6.07) is 8.74. The molecule has 3 rings (SSSR count). The molecule has 0 fully saturated rings. The number of nitrogens with zero attached hydrogens (tertiary/aromatic N) is 4. The summed E-state index contributed by atoms with van der Waals surface area (Å²) >= 11 is 0. The van der Waals surface area contributed by atoms with Crippen molar-refractivity contribution < 1.29 is 31.1 Å². The van der Waals surface area contributed by atoms with Crippen molar-refractivity contribution in [1.29, 1.82) is 0 Å². The summed E-state index contributed by atoms with van der Waals surface area (Å²) in [5.41, 5.74) is 0.969. The lowest BCUT2D eigenvalue weighted by atomic mass is 10.1. The van der Waals surface area contributed by atoms with Crippen LogP contribution in [0.15, 0.2) is 53.6 Å². The lowest BCUT2D eigenvalue weighted by molar-refractivity contribution is -0.138. The minimum absolute atomic E-state index is 0.0666. The second-order valence-electron chi connectivity index (χ2n) is 6.39. The van der Waals surface area contributed by atoms with Crippen LogP contribution in [-0.2, 0) is 12.4 Å². The molecule has 0 amide bonds. The number of rotatable bonds is 7. The van der Waals surface area contributed by atoms with Crippen molar-refractivity contribution >= 4 is 23.8 Å². The zero-order valence-electron chi connectivity index (χ0n) is 16.9. The standard InChI is InChI=1S/C20H16F6N6O/c1-2-33-18-30-16(28-15-8-4-7-14(10-15)20(24,25)26)29-17(31-18)32-27-11-12-5-3-6-13(9-12)19(21,22)23/h3-11H,2H2,1H3,(H2,28,29,30,31,32)/b27-11+. The topological polar surface area (TPSA) is 84.3 Å². The molecule has 0 spiro atoms. The number of nitrogens with one attached hydrogen (secondary N) is 2. The van der Waals surface area contributed by atoms with E-state index in [9.17, 15) is 26.3 Å². The van der Waals surface area contributed by atoms with Gasteiger partial charge in [-0.1, -0.05) is 18.2 Å². The average Bonchev–Trinajstić information content (AvgIpc) is 2.73. The van der Waals surface area contributed by atoms with Crippen molar-refractivity contribution in [2.24, 2.45) is 5.10 Å². The largest absolute Gasteiger partial charge is 0.464 e. The van der Waals surface area contributed by atoms with Gasteiger partial charge in [0.25, 0.3) is 5.95 Å². The van der Waals surface area contributed by atoms with Crippen LogP contribution in [0.5, 0.6) is 6.01 Å². The molecule has 33 heavy (non-hydrogen) atoms. The van der Waals surface area contributed by atoms with E-state index < -0.39 is 23.5 Å². The number of ether oxygens (including phenoxy) is 1. The van der Waals surface area contributed by atoms with Gasteiger partial charge in [-0.15, -0.1) is 0 Å². The number of aromatic nitrogens is 3. The molecule has 0 atom stereocenters. The van der Waals surface area contributed by atoms with Crippen LogP contribution < -0.4 is 15.5 Å². The summed E-state index contributed by atoms with van der Waals surface area (Å²) in [5, 5.41) is 6.43. The van der Waals surface area contributed by atoms with E-state index >= 15 is 0 Å². The van der Waals surface area contributed by atoms with Crippen LogP contribution >= 0.6 is 0 Å². The predicted molar refractivity (Wildman–Crippen MR) is 108 cm³/mol. The lowest BCUT2D eigenvalue weighted by Gasteiger charge is -2.11. The van der Waals surface area contributed by atoms with Crippen LogP contribution in [0.2, 0.25) is 0 Å². The van der Waals surface area contributed by atoms with Crippen LogP contribution in [0.1, 0.15) is 23.6 Å². The SMILES string of the molecule is CCOc1nc(N/N=C/c2cccc(C(F)(F)F)c2)nc(Nc2cccc(C(F)(F)F)c2)n1. The maximum absolute atomic E-state index is 12.9. The lowest BCUT2D eigenvalue weighted by Crippen LogP contribution is -2.08. The Morgan fingerprint density at radius 1 is 0.879 bits per heavy atom. The Labute approximate surface area is 183 Å². The zero-order valence-corrected chi connectivity index (χ0v) is 16.9. The maximum Gasteiger partial charge on any atom is 0.416 e. The van der Waals surface area contributed by atoms with Gasteiger partial charge in [-0.3, -0.25) is 0 Å². The number of hydrogen-bond donors (Lipinski definition) is 2. The fourth-order valence-electron chi connectivity index (χ4n) is 2.52. The third-order valence-electron chi connectivity index (χ3n) is 3.93. The molecule has 0 unspecified atom stereocenters. The smallest absolute Gasteiger partial charge is 0.416 e. The molecule has 0 aliphatic carbocycles. The van der Waals surface area contributed by atoms with Crippen LogP contribution in [0, 0.1) is 0 Å². The summed E-state index contributed by atoms with van der Waals surface area (Å²) < 4.78 is 82.5. The first-order valence-corrected chi connectivity index (χ1v) is 9.34. The van der Waals surface area contributed by atoms with Crippen LogP contribution in [0.4, 0.5) is 43.9 Å². The molecule has 3 aromatic rings. The predicted octanol–water partition coefficient (Wildman–Crippen LogP) is 5.50. The van der Waals surface area contributed by atoms with E-state index in [1.54, 1.807) is 6.92 Å². The quantitative estimate of drug-likeness (QED) is 0.270. The fraction of sp³-hybridized carbons (Fsp3) is 0.200. The van der Waals surface area contributed by atoms with Crippen molar-refractivity contribution in [3.8, 4) is 6.01 Å². The molecule has 7 nitrogen and oxygen atoms in total. The number of hydrazone groups is 1. The van der Waals surface area contributed by atoms with Crippen molar-refractivity contribution in [2.75, 3.05) is 17.3 Å². The molecule has 1 aromatic heterocycles. The Kier molecular flexibility index (Phi) is 6.99. The zero-order chi connectivity index (χ0) is 24.1. The Bertz CT molecular complexity index is 1130. The van der Waals surface area contributed by atoms with Gasteiger partial charge in [0.2, 0.25) is 5.95 Å². The molecule has 0 saturated heterocycles. The Morgan fingerprint density at radius 3 is 2.18 bits per heavy atom. The summed E-state index contributed by atoms with van der Waals surface area (Å²) in [6.07, 6.45) is -7.90. The van der Waals surface area contributed by atoms with E-state index in [2.05, 4.69) is 30.8 Å². The van der Waals surface area contributed by atoms with Gasteiger partial charge in [0, 0.05) is 5.69 Å². The summed E-state index contributed by atoms with van der Waals surface area (Å²) in [7, 11) is 0. The normalized spacial score (nSPS) is 12.1. The van der Waals surface area contributed by atoms with Crippen molar-refractivity contribution in [1.82, 2.24) is 15.0 Å². The highest BCUT2D eigenvalue weighted by molar-refractivity contribution is 5.80. The monoisotopic (exact) mass is 470 g/mol. The molecule has 174 valence electrons. The number of benzene rings is 2. The first-order chi connectivity index (χ1) is 15.5. The summed E-state index contributed by atoms with van der Waals surface area (Å²) in [4.78, 5) is 11.9. The average molecular weight is 470 g/mol. The van der Waals surface area contributed by atoms with Gasteiger partial charge in [0.05, 0.1) is 23.9 Å². The summed E-state index contributed by atoms with van der Waals surface area (Å²) in [5.74, 6) is -0.282. The van der Waals surface area contributed by atoms with Gasteiger partial charge in [-0.05, 0) is 42.8 Å². The minimum Gasteiger partial charge on any atom is -0.464 e. The van der Waals surface area contributed by atoms with E-state index in [0.717, 1.165) is 30.5 Å².